The first kappa shape index (κ1) is 20.9. The van der Waals surface area contributed by atoms with Gasteiger partial charge in [-0.2, -0.15) is 0 Å². The fourth-order valence-electron chi connectivity index (χ4n) is 5.49. The zero-order valence-electron chi connectivity index (χ0n) is 16.8. The highest BCUT2D eigenvalue weighted by molar-refractivity contribution is 6.80. The first-order valence-corrected chi connectivity index (χ1v) is 14.0. The van der Waals surface area contributed by atoms with Crippen LogP contribution in [-0.2, 0) is 0 Å². The van der Waals surface area contributed by atoms with Gasteiger partial charge in [0.15, 0.2) is 17.5 Å². The molecule has 1 aromatic carbocycles. The van der Waals surface area contributed by atoms with E-state index in [9.17, 15) is 13.2 Å². The summed E-state index contributed by atoms with van der Waals surface area (Å²) in [5.41, 5.74) is 0.663. The van der Waals surface area contributed by atoms with Crippen LogP contribution in [0.1, 0.15) is 82.6 Å². The van der Waals surface area contributed by atoms with Crippen molar-refractivity contribution in [3.63, 3.8) is 0 Å². The molecule has 0 aliphatic carbocycles. The minimum Gasteiger partial charge on any atom is -0.204 e. The molecule has 152 valence electrons. The maximum atomic E-state index is 13.6. The van der Waals surface area contributed by atoms with Crippen molar-refractivity contribution < 1.29 is 13.2 Å². The summed E-state index contributed by atoms with van der Waals surface area (Å²) < 4.78 is 40.3. The molecule has 2 saturated heterocycles. The van der Waals surface area contributed by atoms with Crippen LogP contribution in [0, 0.1) is 23.4 Å². The fraction of sp³-hybridized carbons (Fsp3) is 0.739. The van der Waals surface area contributed by atoms with Crippen molar-refractivity contribution in [3.05, 3.63) is 35.1 Å². The molecule has 2 aliphatic rings. The van der Waals surface area contributed by atoms with Crippen molar-refractivity contribution in [2.75, 3.05) is 0 Å². The van der Waals surface area contributed by atoms with Gasteiger partial charge in [-0.15, -0.1) is 0 Å². The third kappa shape index (κ3) is 5.39. The highest BCUT2D eigenvalue weighted by atomic mass is 28.3. The highest BCUT2D eigenvalue weighted by Gasteiger charge is 2.40. The normalized spacial score (nSPS) is 28.6. The SMILES string of the molecule is CCCCCCCC1CC[Si]2(CC1)CCC(c1cc(F)c(F)c(F)c1)CC2. The molecule has 2 heterocycles. The van der Waals surface area contributed by atoms with Gasteiger partial charge >= 0.3 is 0 Å². The number of unbranched alkanes of at least 4 members (excludes halogenated alkanes) is 4. The molecule has 1 spiro atoms. The van der Waals surface area contributed by atoms with Crippen molar-refractivity contribution in [1.82, 2.24) is 0 Å². The van der Waals surface area contributed by atoms with Crippen molar-refractivity contribution in [2.45, 2.75) is 101 Å². The van der Waals surface area contributed by atoms with Gasteiger partial charge in [0.1, 0.15) is 0 Å². The summed E-state index contributed by atoms with van der Waals surface area (Å²) in [5.74, 6) is -2.26. The Hall–Kier alpha value is -0.773. The van der Waals surface area contributed by atoms with E-state index in [1.54, 1.807) is 0 Å². The molecule has 0 saturated carbocycles. The van der Waals surface area contributed by atoms with Crippen molar-refractivity contribution in [3.8, 4) is 0 Å². The number of hydrogen-bond acceptors (Lipinski definition) is 0. The van der Waals surface area contributed by atoms with Gasteiger partial charge in [0, 0.05) is 0 Å². The minimum atomic E-state index is -1.34. The van der Waals surface area contributed by atoms with Crippen molar-refractivity contribution in [1.29, 1.82) is 0 Å². The van der Waals surface area contributed by atoms with E-state index in [0.717, 1.165) is 18.8 Å². The summed E-state index contributed by atoms with van der Waals surface area (Å²) in [6, 6.07) is 7.95. The fourth-order valence-corrected chi connectivity index (χ4v) is 11.0. The summed E-state index contributed by atoms with van der Waals surface area (Å²) in [7, 11) is -1.15. The van der Waals surface area contributed by atoms with E-state index in [-0.39, 0.29) is 5.92 Å². The molecule has 0 unspecified atom stereocenters. The number of halogens is 3. The van der Waals surface area contributed by atoms with Gasteiger partial charge in [-0.05, 0) is 42.4 Å². The summed E-state index contributed by atoms with van der Waals surface area (Å²) in [6.07, 6.45) is 13.2. The Bertz CT molecular complexity index is 575. The Balaban J connectivity index is 1.44. The van der Waals surface area contributed by atoms with Gasteiger partial charge in [-0.1, -0.05) is 82.5 Å². The van der Waals surface area contributed by atoms with Crippen LogP contribution in [0.5, 0.6) is 0 Å². The second-order valence-electron chi connectivity index (χ2n) is 9.22. The van der Waals surface area contributed by atoms with E-state index < -0.39 is 25.5 Å². The smallest absolute Gasteiger partial charge is 0.194 e. The molecule has 0 nitrogen and oxygen atoms in total. The molecule has 0 bridgehead atoms. The monoisotopic (exact) mass is 396 g/mol. The molecule has 1 aromatic rings. The molecular weight excluding hydrogens is 361 g/mol. The van der Waals surface area contributed by atoms with E-state index in [1.165, 1.54) is 87.7 Å². The third-order valence-electron chi connectivity index (χ3n) is 7.41. The molecule has 2 fully saturated rings. The van der Waals surface area contributed by atoms with Crippen LogP contribution in [0.25, 0.3) is 0 Å². The zero-order valence-corrected chi connectivity index (χ0v) is 17.8. The predicted molar refractivity (Wildman–Crippen MR) is 109 cm³/mol. The van der Waals surface area contributed by atoms with E-state index in [4.69, 9.17) is 0 Å². The van der Waals surface area contributed by atoms with Gasteiger partial charge in [0.2, 0.25) is 0 Å². The summed E-state index contributed by atoms with van der Waals surface area (Å²) in [4.78, 5) is 0. The van der Waals surface area contributed by atoms with Crippen LogP contribution in [0.4, 0.5) is 13.2 Å². The average molecular weight is 397 g/mol. The Morgan fingerprint density at radius 1 is 0.815 bits per heavy atom. The average Bonchev–Trinajstić information content (AvgIpc) is 2.68. The number of rotatable bonds is 7. The zero-order chi connectivity index (χ0) is 19.3. The number of hydrogen-bond donors (Lipinski definition) is 0. The molecular formula is C23H35F3Si. The summed E-state index contributed by atoms with van der Waals surface area (Å²) >= 11 is 0. The summed E-state index contributed by atoms with van der Waals surface area (Å²) in [6.45, 7) is 2.27. The second-order valence-corrected chi connectivity index (χ2v) is 14.2. The lowest BCUT2D eigenvalue weighted by Crippen LogP contribution is -2.41. The third-order valence-corrected chi connectivity index (χ3v) is 12.8. The van der Waals surface area contributed by atoms with Crippen molar-refractivity contribution in [2.24, 2.45) is 5.92 Å². The lowest BCUT2D eigenvalue weighted by atomic mass is 9.93. The molecule has 2 aliphatic heterocycles. The predicted octanol–water partition coefficient (Wildman–Crippen LogP) is 8.20. The van der Waals surface area contributed by atoms with Gasteiger partial charge in [0.25, 0.3) is 0 Å². The summed E-state index contributed by atoms with van der Waals surface area (Å²) in [5, 5.41) is 0. The maximum Gasteiger partial charge on any atom is 0.194 e. The molecule has 0 aromatic heterocycles. The minimum absolute atomic E-state index is 0.212. The lowest BCUT2D eigenvalue weighted by molar-refractivity contribution is 0.403. The van der Waals surface area contributed by atoms with Crippen LogP contribution in [0.2, 0.25) is 24.2 Å². The lowest BCUT2D eigenvalue weighted by Gasteiger charge is -2.43. The van der Waals surface area contributed by atoms with Crippen LogP contribution < -0.4 is 0 Å². The van der Waals surface area contributed by atoms with Gasteiger partial charge in [-0.3, -0.25) is 0 Å². The van der Waals surface area contributed by atoms with Gasteiger partial charge in [0.05, 0.1) is 8.07 Å². The second kappa shape index (κ2) is 9.62. The molecule has 0 atom stereocenters. The molecule has 0 radical (unpaired) electrons. The highest BCUT2D eigenvalue weighted by Crippen LogP contribution is 2.47. The first-order chi connectivity index (χ1) is 13.0. The van der Waals surface area contributed by atoms with E-state index >= 15 is 0 Å². The van der Waals surface area contributed by atoms with Crippen LogP contribution in [0.3, 0.4) is 0 Å². The maximum absolute atomic E-state index is 13.6. The van der Waals surface area contributed by atoms with Crippen LogP contribution in [0.15, 0.2) is 12.1 Å². The Labute approximate surface area is 164 Å². The molecule has 4 heteroatoms. The van der Waals surface area contributed by atoms with Crippen molar-refractivity contribution >= 4 is 8.07 Å². The quantitative estimate of drug-likeness (QED) is 0.247. The Morgan fingerprint density at radius 3 is 1.96 bits per heavy atom. The van der Waals surface area contributed by atoms with Gasteiger partial charge in [-0.25, -0.2) is 13.2 Å². The molecule has 3 rings (SSSR count). The number of benzene rings is 1. The van der Waals surface area contributed by atoms with Crippen LogP contribution in [-0.4, -0.2) is 8.07 Å². The molecule has 27 heavy (non-hydrogen) atoms. The van der Waals surface area contributed by atoms with E-state index in [1.807, 2.05) is 0 Å². The molecule has 0 amide bonds. The van der Waals surface area contributed by atoms with Crippen LogP contribution >= 0.6 is 0 Å². The van der Waals surface area contributed by atoms with E-state index in [2.05, 4.69) is 6.92 Å². The standard InChI is InChI=1S/C23H35F3Si/c1-2-3-4-5-6-7-18-8-12-27(13-9-18)14-10-19(11-15-27)20-16-21(24)23(26)22(25)17-20/h16-19H,2-15H2,1H3. The van der Waals surface area contributed by atoms with Gasteiger partial charge < -0.3 is 0 Å². The largest absolute Gasteiger partial charge is 0.204 e. The molecule has 0 N–H and O–H groups in total. The first-order valence-electron chi connectivity index (χ1n) is 11.2. The Kier molecular flexibility index (Phi) is 7.47. The Morgan fingerprint density at radius 2 is 1.37 bits per heavy atom. The topological polar surface area (TPSA) is 0 Å². The van der Waals surface area contributed by atoms with E-state index in [0.29, 0.717) is 5.56 Å².